The Hall–Kier alpha value is -2.14. The summed E-state index contributed by atoms with van der Waals surface area (Å²) in [6, 6.07) is 8.47. The zero-order valence-electron chi connectivity index (χ0n) is 21.6. The van der Waals surface area contributed by atoms with Crippen LogP contribution >= 0.6 is 30.3 Å². The summed E-state index contributed by atoms with van der Waals surface area (Å²) in [4.78, 5) is 21.1. The van der Waals surface area contributed by atoms with E-state index in [1.165, 1.54) is 5.56 Å². The molecule has 3 aromatic rings. The van der Waals surface area contributed by atoms with Crippen LogP contribution in [-0.4, -0.2) is 58.8 Å². The third-order valence-electron chi connectivity index (χ3n) is 5.67. The highest BCUT2D eigenvalue weighted by molar-refractivity contribution is 14.2. The molecule has 4 rings (SSSR count). The first-order valence-electron chi connectivity index (χ1n) is 11.9. The minimum Gasteiger partial charge on any atom is -0.495 e. The average molecular weight is 611 g/mol. The Morgan fingerprint density at radius 3 is 2.37 bits per heavy atom. The monoisotopic (exact) mass is 610 g/mol. The van der Waals surface area contributed by atoms with E-state index >= 15 is 0 Å². The molecule has 0 spiro atoms. The molecule has 1 aliphatic heterocycles. The number of benzene rings is 1. The van der Waals surface area contributed by atoms with Crippen LogP contribution in [0.5, 0.6) is 5.75 Å². The summed E-state index contributed by atoms with van der Waals surface area (Å²) in [5.41, 5.74) is 4.84. The second-order valence-corrected chi connectivity index (χ2v) is 10.9. The van der Waals surface area contributed by atoms with E-state index in [1.54, 1.807) is 21.1 Å². The Morgan fingerprint density at radius 1 is 1.09 bits per heavy atom. The summed E-state index contributed by atoms with van der Waals surface area (Å²) in [5, 5.41) is 1.15. The van der Waals surface area contributed by atoms with Gasteiger partial charge in [0.1, 0.15) is 11.4 Å². The molecule has 0 aliphatic carbocycles. The molecule has 0 atom stereocenters. The van der Waals surface area contributed by atoms with Gasteiger partial charge in [0.15, 0.2) is 5.65 Å². The van der Waals surface area contributed by atoms with Crippen molar-refractivity contribution in [2.45, 2.75) is 47.1 Å². The fourth-order valence-corrected chi connectivity index (χ4v) is 5.32. The number of carbonyl (C=O) groups excluding carboxylic acids is 1. The zero-order chi connectivity index (χ0) is 25.8. The molecule has 0 unspecified atom stereocenters. The van der Waals surface area contributed by atoms with Gasteiger partial charge in [-0.2, -0.15) is 0 Å². The first-order valence-corrected chi connectivity index (χ1v) is 15.2. The van der Waals surface area contributed by atoms with Crippen molar-refractivity contribution < 1.29 is 14.3 Å². The lowest BCUT2D eigenvalue weighted by Gasteiger charge is -2.37. The van der Waals surface area contributed by atoms with Crippen molar-refractivity contribution in [1.29, 1.82) is 0 Å². The van der Waals surface area contributed by atoms with Crippen LogP contribution in [0.25, 0.3) is 22.2 Å². The maximum absolute atomic E-state index is 12.4. The summed E-state index contributed by atoms with van der Waals surface area (Å²) in [5.74, 6) is 0.815. The number of hydrogen-bond acceptors (Lipinski definition) is 6. The Kier molecular flexibility index (Phi) is 9.20. The van der Waals surface area contributed by atoms with Crippen molar-refractivity contribution in [3.8, 4) is 16.9 Å². The quantitative estimate of drug-likeness (QED) is 0.298. The first kappa shape index (κ1) is 27.4. The second-order valence-electron chi connectivity index (χ2n) is 9.14. The van der Waals surface area contributed by atoms with Crippen molar-refractivity contribution in [3.05, 3.63) is 42.2 Å². The van der Waals surface area contributed by atoms with Crippen LogP contribution in [0.1, 0.15) is 40.2 Å². The van der Waals surface area contributed by atoms with Gasteiger partial charge in [-0.25, -0.2) is 9.78 Å². The molecular formula is C26H35IN4O3S. The molecule has 9 heteroatoms. The number of anilines is 1. The third kappa shape index (κ3) is 6.35. The Labute approximate surface area is 224 Å². The van der Waals surface area contributed by atoms with Crippen molar-refractivity contribution in [2.75, 3.05) is 38.2 Å². The zero-order valence-corrected chi connectivity index (χ0v) is 24.6. The number of halogens is 1. The minimum atomic E-state index is -0.485. The number of hydrogen-bond donors (Lipinski definition) is 0. The standard InChI is InChI=1S/C24H29IN4O3S.C2H6/c1-16-15-29(33-25)22-19(16)12-18(14-26-22)17-6-7-20(21(13-17)31-5)27-8-10-28(11-9-27)23(30)32-24(2,3)4;1-2/h6-7,12-15H,8-11H2,1-5H3;1-2H3. The predicted octanol–water partition coefficient (Wildman–Crippen LogP) is 6.95. The number of aromatic nitrogens is 2. The number of fused-ring (bicyclic) bond motifs is 1. The van der Waals surface area contributed by atoms with Gasteiger partial charge in [-0.1, -0.05) is 19.9 Å². The maximum atomic E-state index is 12.4. The molecule has 0 radical (unpaired) electrons. The van der Waals surface area contributed by atoms with Gasteiger partial charge in [0.2, 0.25) is 0 Å². The Bertz CT molecular complexity index is 1170. The molecule has 3 heterocycles. The van der Waals surface area contributed by atoms with Crippen LogP contribution < -0.4 is 9.64 Å². The average Bonchev–Trinajstić information content (AvgIpc) is 3.19. The van der Waals surface area contributed by atoms with Crippen LogP contribution in [0.4, 0.5) is 10.5 Å². The van der Waals surface area contributed by atoms with Gasteiger partial charge in [0.05, 0.1) is 12.8 Å². The van der Waals surface area contributed by atoms with Crippen molar-refractivity contribution in [3.63, 3.8) is 0 Å². The Morgan fingerprint density at radius 2 is 1.77 bits per heavy atom. The van der Waals surface area contributed by atoms with E-state index in [0.29, 0.717) is 13.1 Å². The molecule has 2 aromatic heterocycles. The molecule has 0 saturated carbocycles. The molecule has 1 saturated heterocycles. The molecule has 35 heavy (non-hydrogen) atoms. The number of carbonyl (C=O) groups is 1. The molecule has 7 nitrogen and oxygen atoms in total. The highest BCUT2D eigenvalue weighted by Gasteiger charge is 2.27. The lowest BCUT2D eigenvalue weighted by molar-refractivity contribution is 0.0240. The molecule has 1 amide bonds. The number of rotatable bonds is 4. The lowest BCUT2D eigenvalue weighted by atomic mass is 10.0. The van der Waals surface area contributed by atoms with Crippen molar-refractivity contribution in [2.24, 2.45) is 0 Å². The molecular weight excluding hydrogens is 575 g/mol. The lowest BCUT2D eigenvalue weighted by Crippen LogP contribution is -2.50. The van der Waals surface area contributed by atoms with Gasteiger partial charge in [-0.3, -0.25) is 3.97 Å². The summed E-state index contributed by atoms with van der Waals surface area (Å²) >= 11 is 2.27. The summed E-state index contributed by atoms with van der Waals surface area (Å²) in [6.45, 7) is 14.5. The van der Waals surface area contributed by atoms with E-state index in [2.05, 4.69) is 67.5 Å². The smallest absolute Gasteiger partial charge is 0.410 e. The molecule has 1 fully saturated rings. The number of pyridine rings is 1. The predicted molar refractivity (Wildman–Crippen MR) is 155 cm³/mol. The number of methoxy groups -OCH3 is 1. The maximum Gasteiger partial charge on any atom is 0.410 e. The molecule has 1 aromatic carbocycles. The van der Waals surface area contributed by atoms with E-state index in [1.807, 2.05) is 40.8 Å². The minimum absolute atomic E-state index is 0.252. The number of aryl methyl sites for hydroxylation is 1. The first-order chi connectivity index (χ1) is 16.7. The molecule has 190 valence electrons. The Balaban J connectivity index is 0.00000167. The van der Waals surface area contributed by atoms with E-state index in [9.17, 15) is 4.79 Å². The fraction of sp³-hybridized carbons (Fsp3) is 0.462. The van der Waals surface area contributed by atoms with Crippen LogP contribution in [0.3, 0.4) is 0 Å². The van der Waals surface area contributed by atoms with Crippen LogP contribution in [-0.2, 0) is 4.74 Å². The van der Waals surface area contributed by atoms with Gasteiger partial charge in [-0.05, 0) is 57.0 Å². The topological polar surface area (TPSA) is 59.8 Å². The highest BCUT2D eigenvalue weighted by Crippen LogP contribution is 2.35. The van der Waals surface area contributed by atoms with Gasteiger partial charge in [-0.15, -0.1) is 0 Å². The van der Waals surface area contributed by atoms with Gasteiger partial charge in [0, 0.05) is 79.8 Å². The number of ether oxygens (including phenoxy) is 2. The highest BCUT2D eigenvalue weighted by atomic mass is 127. The van der Waals surface area contributed by atoms with Crippen molar-refractivity contribution in [1.82, 2.24) is 13.9 Å². The SMILES string of the molecule is CC.COc1cc(-c2cnc3c(c2)c(C)cn3SI)ccc1N1CCN(C(=O)OC(C)(C)C)CC1. The van der Waals surface area contributed by atoms with Gasteiger partial charge >= 0.3 is 6.09 Å². The largest absolute Gasteiger partial charge is 0.495 e. The van der Waals surface area contributed by atoms with Crippen LogP contribution in [0.15, 0.2) is 36.7 Å². The number of amides is 1. The summed E-state index contributed by atoms with van der Waals surface area (Å²) in [6.07, 6.45) is 3.77. The summed E-state index contributed by atoms with van der Waals surface area (Å²) in [7, 11) is 3.31. The summed E-state index contributed by atoms with van der Waals surface area (Å²) < 4.78 is 13.3. The second kappa shape index (κ2) is 11.7. The van der Waals surface area contributed by atoms with Crippen LogP contribution in [0, 0.1) is 6.92 Å². The van der Waals surface area contributed by atoms with Gasteiger partial charge in [0.25, 0.3) is 0 Å². The molecule has 1 aliphatic rings. The van der Waals surface area contributed by atoms with E-state index in [0.717, 1.165) is 46.7 Å². The number of nitrogens with zero attached hydrogens (tertiary/aromatic N) is 4. The van der Waals surface area contributed by atoms with Gasteiger partial charge < -0.3 is 19.3 Å². The van der Waals surface area contributed by atoms with Crippen molar-refractivity contribution >= 4 is 53.1 Å². The third-order valence-corrected chi connectivity index (χ3v) is 7.37. The normalized spacial score (nSPS) is 13.9. The van der Waals surface area contributed by atoms with E-state index in [-0.39, 0.29) is 6.09 Å². The van der Waals surface area contributed by atoms with E-state index in [4.69, 9.17) is 14.5 Å². The number of piperazine rings is 1. The fourth-order valence-electron chi connectivity index (χ4n) is 4.02. The van der Waals surface area contributed by atoms with Crippen LogP contribution in [0.2, 0.25) is 0 Å². The molecule has 0 bridgehead atoms. The molecule has 0 N–H and O–H groups in total. The van der Waals surface area contributed by atoms with E-state index < -0.39 is 5.60 Å².